The second-order valence-corrected chi connectivity index (χ2v) is 5.49. The number of nitrogens with two attached hydrogens (primary N) is 1. The van der Waals surface area contributed by atoms with E-state index in [9.17, 15) is 0 Å². The zero-order valence-electron chi connectivity index (χ0n) is 9.27. The smallest absolute Gasteiger partial charge is 0.0409 e. The Kier molecular flexibility index (Phi) is 2.66. The Bertz CT molecular complexity index is 381. The summed E-state index contributed by atoms with van der Waals surface area (Å²) in [5.41, 5.74) is 7.02. The lowest BCUT2D eigenvalue weighted by atomic mass is 10.2. The van der Waals surface area contributed by atoms with Crippen molar-refractivity contribution >= 4 is 11.6 Å². The summed E-state index contributed by atoms with van der Waals surface area (Å²) in [4.78, 5) is 2.52. The first-order valence-corrected chi connectivity index (χ1v) is 6.32. The number of benzene rings is 1. The van der Waals surface area contributed by atoms with Gasteiger partial charge in [-0.05, 0) is 42.0 Å². The van der Waals surface area contributed by atoms with Crippen molar-refractivity contribution in [2.45, 2.75) is 6.54 Å². The molecular weight excluding hydrogens is 220 g/mol. The number of piperidine rings is 1. The van der Waals surface area contributed by atoms with Gasteiger partial charge in [0.25, 0.3) is 0 Å². The number of likely N-dealkylation sites (tertiary alicyclic amines) is 1. The van der Waals surface area contributed by atoms with Gasteiger partial charge in [-0.1, -0.05) is 23.7 Å². The average molecular weight is 237 g/mol. The van der Waals surface area contributed by atoms with Crippen molar-refractivity contribution in [2.24, 2.45) is 23.5 Å². The molecule has 1 aromatic rings. The van der Waals surface area contributed by atoms with E-state index >= 15 is 0 Å². The highest BCUT2D eigenvalue weighted by molar-refractivity contribution is 6.30. The van der Waals surface area contributed by atoms with Crippen molar-refractivity contribution in [3.8, 4) is 0 Å². The van der Waals surface area contributed by atoms with Crippen LogP contribution in [0.1, 0.15) is 5.56 Å². The van der Waals surface area contributed by atoms with E-state index in [0.717, 1.165) is 35.9 Å². The summed E-state index contributed by atoms with van der Waals surface area (Å²) in [7, 11) is 0. The van der Waals surface area contributed by atoms with Crippen LogP contribution in [0.2, 0.25) is 5.02 Å². The van der Waals surface area contributed by atoms with Crippen molar-refractivity contribution in [2.75, 3.05) is 19.6 Å². The first-order chi connectivity index (χ1) is 7.78. The van der Waals surface area contributed by atoms with Crippen LogP contribution in [0.3, 0.4) is 0 Å². The summed E-state index contributed by atoms with van der Waals surface area (Å²) >= 11 is 5.98. The number of hydrogen-bond donors (Lipinski definition) is 1. The minimum absolute atomic E-state index is 0.815. The van der Waals surface area contributed by atoms with Gasteiger partial charge in [-0.3, -0.25) is 4.90 Å². The fraction of sp³-hybridized carbons (Fsp3) is 0.538. The molecule has 0 amide bonds. The SMILES string of the molecule is NCC1[C@H]2CN(Cc3cccc(Cl)c3)C[C@@H]12. The van der Waals surface area contributed by atoms with Crippen LogP contribution in [-0.4, -0.2) is 24.5 Å². The van der Waals surface area contributed by atoms with Gasteiger partial charge < -0.3 is 5.73 Å². The fourth-order valence-electron chi connectivity index (χ4n) is 3.11. The van der Waals surface area contributed by atoms with Crippen LogP contribution in [0.25, 0.3) is 0 Å². The van der Waals surface area contributed by atoms with Crippen LogP contribution in [0.5, 0.6) is 0 Å². The van der Waals surface area contributed by atoms with E-state index in [1.807, 2.05) is 12.1 Å². The van der Waals surface area contributed by atoms with Gasteiger partial charge in [0, 0.05) is 24.7 Å². The second-order valence-electron chi connectivity index (χ2n) is 5.05. The molecule has 16 heavy (non-hydrogen) atoms. The van der Waals surface area contributed by atoms with Gasteiger partial charge in [0.15, 0.2) is 0 Å². The maximum absolute atomic E-state index is 5.98. The minimum atomic E-state index is 0.815. The van der Waals surface area contributed by atoms with Gasteiger partial charge in [-0.2, -0.15) is 0 Å². The van der Waals surface area contributed by atoms with Crippen molar-refractivity contribution in [1.29, 1.82) is 0 Å². The molecule has 0 bridgehead atoms. The number of rotatable bonds is 3. The van der Waals surface area contributed by atoms with Crippen LogP contribution in [-0.2, 0) is 6.54 Å². The van der Waals surface area contributed by atoms with Crippen molar-refractivity contribution in [1.82, 2.24) is 4.90 Å². The fourth-order valence-corrected chi connectivity index (χ4v) is 3.32. The van der Waals surface area contributed by atoms with Gasteiger partial charge >= 0.3 is 0 Å². The highest BCUT2D eigenvalue weighted by atomic mass is 35.5. The maximum Gasteiger partial charge on any atom is 0.0409 e. The lowest BCUT2D eigenvalue weighted by Gasteiger charge is -2.19. The summed E-state index contributed by atoms with van der Waals surface area (Å²) in [6, 6.07) is 8.16. The molecule has 3 atom stereocenters. The predicted molar refractivity (Wildman–Crippen MR) is 66.3 cm³/mol. The molecule has 1 heterocycles. The summed E-state index contributed by atoms with van der Waals surface area (Å²) in [5.74, 6) is 2.57. The van der Waals surface area contributed by atoms with E-state index in [1.54, 1.807) is 0 Å². The molecule has 1 saturated carbocycles. The Morgan fingerprint density at radius 1 is 1.31 bits per heavy atom. The van der Waals surface area contributed by atoms with E-state index < -0.39 is 0 Å². The molecule has 3 heteroatoms. The zero-order chi connectivity index (χ0) is 11.1. The topological polar surface area (TPSA) is 29.3 Å². The minimum Gasteiger partial charge on any atom is -0.330 e. The first-order valence-electron chi connectivity index (χ1n) is 5.95. The number of hydrogen-bond acceptors (Lipinski definition) is 2. The van der Waals surface area contributed by atoms with Gasteiger partial charge in [0.1, 0.15) is 0 Å². The van der Waals surface area contributed by atoms with Gasteiger partial charge in [-0.15, -0.1) is 0 Å². The maximum atomic E-state index is 5.98. The number of nitrogens with zero attached hydrogens (tertiary/aromatic N) is 1. The molecule has 2 N–H and O–H groups in total. The van der Waals surface area contributed by atoms with Crippen molar-refractivity contribution in [3.05, 3.63) is 34.9 Å². The molecule has 2 fully saturated rings. The van der Waals surface area contributed by atoms with Crippen molar-refractivity contribution < 1.29 is 0 Å². The molecule has 1 unspecified atom stereocenters. The Hall–Kier alpha value is -0.570. The highest BCUT2D eigenvalue weighted by Gasteiger charge is 2.54. The van der Waals surface area contributed by atoms with Crippen molar-refractivity contribution in [3.63, 3.8) is 0 Å². The predicted octanol–water partition coefficient (Wildman–Crippen LogP) is 1.98. The summed E-state index contributed by atoms with van der Waals surface area (Å²) in [6.45, 7) is 4.35. The van der Waals surface area contributed by atoms with E-state index in [-0.39, 0.29) is 0 Å². The molecule has 1 saturated heterocycles. The normalized spacial score (nSPS) is 32.8. The standard InChI is InChI=1S/C13H17ClN2/c14-10-3-1-2-9(4-10)6-16-7-12-11(5-15)13(12)8-16/h1-4,11-13H,5-8,15H2/t11?,12-,13+. The third-order valence-corrected chi connectivity index (χ3v) is 4.25. The molecule has 0 radical (unpaired) electrons. The summed E-state index contributed by atoms with van der Waals surface area (Å²) < 4.78 is 0. The molecule has 2 nitrogen and oxygen atoms in total. The van der Waals surface area contributed by atoms with Crippen LogP contribution in [0, 0.1) is 17.8 Å². The van der Waals surface area contributed by atoms with Crippen LogP contribution < -0.4 is 5.73 Å². The number of halogens is 1. The third kappa shape index (κ3) is 1.86. The Labute approximate surface area is 101 Å². The van der Waals surface area contributed by atoms with E-state index in [0.29, 0.717) is 0 Å². The largest absolute Gasteiger partial charge is 0.330 e. The van der Waals surface area contributed by atoms with Crippen LogP contribution in [0.15, 0.2) is 24.3 Å². The van der Waals surface area contributed by atoms with E-state index in [4.69, 9.17) is 17.3 Å². The molecule has 2 aliphatic rings. The summed E-state index contributed by atoms with van der Waals surface area (Å²) in [6.07, 6.45) is 0. The third-order valence-electron chi connectivity index (χ3n) is 4.01. The zero-order valence-corrected chi connectivity index (χ0v) is 10.0. The quantitative estimate of drug-likeness (QED) is 0.870. The summed E-state index contributed by atoms with van der Waals surface area (Å²) in [5, 5.41) is 0.835. The molecular formula is C13H17ClN2. The van der Waals surface area contributed by atoms with E-state index in [2.05, 4.69) is 17.0 Å². The Morgan fingerprint density at radius 3 is 2.69 bits per heavy atom. The second kappa shape index (κ2) is 4.02. The lowest BCUT2D eigenvalue weighted by molar-refractivity contribution is 0.279. The van der Waals surface area contributed by atoms with Crippen LogP contribution in [0.4, 0.5) is 0 Å². The van der Waals surface area contributed by atoms with Gasteiger partial charge in [-0.25, -0.2) is 0 Å². The van der Waals surface area contributed by atoms with Crippen LogP contribution >= 0.6 is 11.6 Å². The number of fused-ring (bicyclic) bond motifs is 1. The molecule has 1 aromatic carbocycles. The molecule has 86 valence electrons. The molecule has 0 spiro atoms. The highest BCUT2D eigenvalue weighted by Crippen LogP contribution is 2.51. The molecule has 1 aliphatic heterocycles. The van der Waals surface area contributed by atoms with E-state index in [1.165, 1.54) is 18.7 Å². The average Bonchev–Trinajstić information content (AvgIpc) is 2.73. The molecule has 3 rings (SSSR count). The van der Waals surface area contributed by atoms with Gasteiger partial charge in [0.05, 0.1) is 0 Å². The molecule has 1 aliphatic carbocycles. The lowest BCUT2D eigenvalue weighted by Crippen LogP contribution is -2.25. The monoisotopic (exact) mass is 236 g/mol. The Morgan fingerprint density at radius 2 is 2.06 bits per heavy atom. The molecule has 0 aromatic heterocycles. The Balaban J connectivity index is 1.58. The van der Waals surface area contributed by atoms with Gasteiger partial charge in [0.2, 0.25) is 0 Å². The first kappa shape index (κ1) is 10.6.